The van der Waals surface area contributed by atoms with Gasteiger partial charge in [0.05, 0.1) is 0 Å². The molecule has 0 saturated carbocycles. The lowest BCUT2D eigenvalue weighted by molar-refractivity contribution is -0.209. The highest BCUT2D eigenvalue weighted by Crippen LogP contribution is 2.21. The predicted molar refractivity (Wildman–Crippen MR) is 22.7 cm³/mol. The van der Waals surface area contributed by atoms with Crippen LogP contribution in [0, 0.1) is 0 Å². The summed E-state index contributed by atoms with van der Waals surface area (Å²) < 4.78 is 37.7. The van der Waals surface area contributed by atoms with Gasteiger partial charge < -0.3 is 4.74 Å². The summed E-state index contributed by atoms with van der Waals surface area (Å²) in [6.45, 7) is 0.534. The Morgan fingerprint density at radius 2 is 2.00 bits per heavy atom. The summed E-state index contributed by atoms with van der Waals surface area (Å²) in [6.07, 6.45) is -6.45. The van der Waals surface area contributed by atoms with Crippen LogP contribution >= 0.6 is 0 Å². The fourth-order valence-electron chi connectivity index (χ4n) is 0.160. The molecule has 0 spiro atoms. The van der Waals surface area contributed by atoms with Gasteiger partial charge in [0, 0.05) is 0 Å². The SMILES string of the molecule is C[C@@H](OC=O)C(F)(F)F. The first-order chi connectivity index (χ1) is 3.98. The fraction of sp³-hybridized carbons (Fsp3) is 0.750. The van der Waals surface area contributed by atoms with Gasteiger partial charge in [0.15, 0.2) is 6.10 Å². The van der Waals surface area contributed by atoms with Crippen LogP contribution in [-0.4, -0.2) is 18.8 Å². The zero-order chi connectivity index (χ0) is 7.49. The van der Waals surface area contributed by atoms with Crippen molar-refractivity contribution in [1.29, 1.82) is 0 Å². The second kappa shape index (κ2) is 2.70. The summed E-state index contributed by atoms with van der Waals surface area (Å²) in [5, 5.41) is 0. The number of carbonyl (C=O) groups excluding carboxylic acids is 1. The molecular weight excluding hydrogens is 137 g/mol. The lowest BCUT2D eigenvalue weighted by Crippen LogP contribution is -2.27. The lowest BCUT2D eigenvalue weighted by atomic mass is 10.4. The topological polar surface area (TPSA) is 26.3 Å². The molecule has 0 radical (unpaired) electrons. The van der Waals surface area contributed by atoms with Crippen molar-refractivity contribution < 1.29 is 22.7 Å². The van der Waals surface area contributed by atoms with Crippen LogP contribution in [0.2, 0.25) is 0 Å². The monoisotopic (exact) mass is 142 g/mol. The molecule has 0 aliphatic carbocycles. The smallest absolute Gasteiger partial charge is 0.425 e. The van der Waals surface area contributed by atoms with Gasteiger partial charge in [-0.1, -0.05) is 0 Å². The normalized spacial score (nSPS) is 14.7. The number of alkyl halides is 3. The third-order valence-corrected chi connectivity index (χ3v) is 0.721. The Balaban J connectivity index is 3.72. The van der Waals surface area contributed by atoms with Crippen LogP contribution in [0.1, 0.15) is 6.92 Å². The Kier molecular flexibility index (Phi) is 2.48. The van der Waals surface area contributed by atoms with Gasteiger partial charge in [-0.05, 0) is 6.92 Å². The Morgan fingerprint density at radius 3 is 2.11 bits per heavy atom. The summed E-state index contributed by atoms with van der Waals surface area (Å²) in [5.74, 6) is 0. The number of rotatable bonds is 2. The summed E-state index contributed by atoms with van der Waals surface area (Å²) in [6, 6.07) is 0. The van der Waals surface area contributed by atoms with Gasteiger partial charge in [0.25, 0.3) is 6.47 Å². The van der Waals surface area contributed by atoms with Crippen LogP contribution in [-0.2, 0) is 9.53 Å². The van der Waals surface area contributed by atoms with E-state index in [9.17, 15) is 18.0 Å². The first-order valence-corrected chi connectivity index (χ1v) is 2.14. The molecule has 0 aliphatic heterocycles. The van der Waals surface area contributed by atoms with Crippen molar-refractivity contribution in [2.45, 2.75) is 19.2 Å². The molecule has 0 aromatic rings. The molecule has 0 N–H and O–H groups in total. The van der Waals surface area contributed by atoms with Gasteiger partial charge in [0.1, 0.15) is 0 Å². The van der Waals surface area contributed by atoms with Crippen molar-refractivity contribution in [3.8, 4) is 0 Å². The van der Waals surface area contributed by atoms with Gasteiger partial charge in [-0.25, -0.2) is 0 Å². The van der Waals surface area contributed by atoms with Gasteiger partial charge in [-0.3, -0.25) is 4.79 Å². The number of ether oxygens (including phenoxy) is 1. The van der Waals surface area contributed by atoms with E-state index in [0.717, 1.165) is 6.92 Å². The maximum atomic E-state index is 11.4. The van der Waals surface area contributed by atoms with Crippen LogP contribution in [0.3, 0.4) is 0 Å². The van der Waals surface area contributed by atoms with Gasteiger partial charge in [0.2, 0.25) is 0 Å². The molecule has 5 heteroatoms. The summed E-state index contributed by atoms with van der Waals surface area (Å²) >= 11 is 0. The molecule has 0 amide bonds. The molecule has 2 nitrogen and oxygen atoms in total. The molecule has 0 saturated heterocycles. The minimum atomic E-state index is -4.44. The van der Waals surface area contributed by atoms with Gasteiger partial charge in [-0.15, -0.1) is 0 Å². The van der Waals surface area contributed by atoms with Crippen molar-refractivity contribution >= 4 is 6.47 Å². The molecule has 1 atom stereocenters. The predicted octanol–water partition coefficient (Wildman–Crippen LogP) is 1.11. The third-order valence-electron chi connectivity index (χ3n) is 0.721. The van der Waals surface area contributed by atoms with Crippen LogP contribution < -0.4 is 0 Å². The summed E-state index contributed by atoms with van der Waals surface area (Å²) in [7, 11) is 0. The fourth-order valence-corrected chi connectivity index (χ4v) is 0.160. The minimum absolute atomic E-state index is 0.224. The molecule has 0 aromatic heterocycles. The van der Waals surface area contributed by atoms with E-state index in [2.05, 4.69) is 4.74 Å². The number of hydrogen-bond acceptors (Lipinski definition) is 2. The molecule has 0 aliphatic rings. The third kappa shape index (κ3) is 2.94. The second-order valence-electron chi connectivity index (χ2n) is 1.42. The molecule has 0 heterocycles. The van der Waals surface area contributed by atoms with E-state index in [1.165, 1.54) is 0 Å². The molecule has 9 heavy (non-hydrogen) atoms. The average Bonchev–Trinajstić information content (AvgIpc) is 1.64. The van der Waals surface area contributed by atoms with Crippen LogP contribution in [0.5, 0.6) is 0 Å². The minimum Gasteiger partial charge on any atom is -0.455 e. The van der Waals surface area contributed by atoms with Crippen LogP contribution in [0.25, 0.3) is 0 Å². The molecular formula is C4H5F3O2. The average molecular weight is 142 g/mol. The van der Waals surface area contributed by atoms with E-state index in [4.69, 9.17) is 0 Å². The standard InChI is InChI=1S/C4H5F3O2/c1-3(9-2-8)4(5,6)7/h2-3H,1H3/t3-/m1/s1. The largest absolute Gasteiger partial charge is 0.455 e. The van der Waals surface area contributed by atoms with E-state index >= 15 is 0 Å². The van der Waals surface area contributed by atoms with Crippen molar-refractivity contribution in [3.63, 3.8) is 0 Å². The number of hydrogen-bond donors (Lipinski definition) is 0. The molecule has 0 unspecified atom stereocenters. The van der Waals surface area contributed by atoms with Gasteiger partial charge in [-0.2, -0.15) is 13.2 Å². The Morgan fingerprint density at radius 1 is 1.56 bits per heavy atom. The lowest BCUT2D eigenvalue weighted by Gasteiger charge is -2.12. The Hall–Kier alpha value is -0.740. The highest BCUT2D eigenvalue weighted by Gasteiger charge is 2.37. The van der Waals surface area contributed by atoms with Crippen LogP contribution in [0.4, 0.5) is 13.2 Å². The second-order valence-corrected chi connectivity index (χ2v) is 1.42. The van der Waals surface area contributed by atoms with Crippen molar-refractivity contribution in [2.24, 2.45) is 0 Å². The zero-order valence-corrected chi connectivity index (χ0v) is 4.61. The van der Waals surface area contributed by atoms with Gasteiger partial charge >= 0.3 is 6.18 Å². The zero-order valence-electron chi connectivity index (χ0n) is 4.61. The molecule has 0 aromatic carbocycles. The first-order valence-electron chi connectivity index (χ1n) is 2.14. The first kappa shape index (κ1) is 8.26. The molecule has 0 fully saturated rings. The summed E-state index contributed by atoms with van der Waals surface area (Å²) in [4.78, 5) is 9.34. The Bertz CT molecular complexity index is 98.5. The molecule has 0 rings (SSSR count). The van der Waals surface area contributed by atoms with E-state index in [1.807, 2.05) is 0 Å². The number of halogens is 3. The number of carbonyl (C=O) groups is 1. The highest BCUT2D eigenvalue weighted by molar-refractivity contribution is 5.37. The highest BCUT2D eigenvalue weighted by atomic mass is 19.4. The van der Waals surface area contributed by atoms with Crippen molar-refractivity contribution in [2.75, 3.05) is 0 Å². The van der Waals surface area contributed by atoms with Crippen molar-refractivity contribution in [3.05, 3.63) is 0 Å². The Labute approximate surface area is 49.6 Å². The summed E-state index contributed by atoms with van der Waals surface area (Å²) in [5.41, 5.74) is 0. The van der Waals surface area contributed by atoms with Crippen LogP contribution in [0.15, 0.2) is 0 Å². The molecule has 54 valence electrons. The van der Waals surface area contributed by atoms with E-state index in [0.29, 0.717) is 0 Å². The van der Waals surface area contributed by atoms with E-state index < -0.39 is 12.3 Å². The van der Waals surface area contributed by atoms with Crippen molar-refractivity contribution in [1.82, 2.24) is 0 Å². The van der Waals surface area contributed by atoms with E-state index in [1.54, 1.807) is 0 Å². The quantitative estimate of drug-likeness (QED) is 0.540. The van der Waals surface area contributed by atoms with E-state index in [-0.39, 0.29) is 6.47 Å². The molecule has 0 bridgehead atoms. The maximum Gasteiger partial charge on any atom is 0.425 e. The maximum absolute atomic E-state index is 11.4.